The van der Waals surface area contributed by atoms with E-state index >= 15 is 0 Å². The summed E-state index contributed by atoms with van der Waals surface area (Å²) in [6.07, 6.45) is 0. The van der Waals surface area contributed by atoms with Gasteiger partial charge >= 0.3 is 5.97 Å². The molecule has 1 rings (SSSR count). The number of halogens is 1. The zero-order chi connectivity index (χ0) is 15.5. The number of aromatic carboxylic acids is 1. The SMILES string of the molecule is COC(C)(C)CNc1cc(F)c(C(=O)O)cc1[N+](=O)[O-]. The number of hydrogen-bond donors (Lipinski definition) is 2. The van der Waals surface area contributed by atoms with Gasteiger partial charge in [-0.2, -0.15) is 0 Å². The maximum Gasteiger partial charge on any atom is 0.338 e. The van der Waals surface area contributed by atoms with E-state index in [-0.39, 0.29) is 12.2 Å². The van der Waals surface area contributed by atoms with Crippen LogP contribution in [0.25, 0.3) is 0 Å². The van der Waals surface area contributed by atoms with Gasteiger partial charge in [0, 0.05) is 25.8 Å². The molecule has 7 nitrogen and oxygen atoms in total. The topological polar surface area (TPSA) is 102 Å². The van der Waals surface area contributed by atoms with E-state index in [0.717, 1.165) is 6.07 Å². The predicted molar refractivity (Wildman–Crippen MR) is 69.6 cm³/mol. The number of nitrogens with zero attached hydrogens (tertiary/aromatic N) is 1. The molecule has 2 N–H and O–H groups in total. The molecular formula is C12H15FN2O5. The van der Waals surface area contributed by atoms with Gasteiger partial charge in [-0.15, -0.1) is 0 Å². The van der Waals surface area contributed by atoms with E-state index in [0.29, 0.717) is 6.07 Å². The first-order valence-corrected chi connectivity index (χ1v) is 5.68. The number of ether oxygens (including phenoxy) is 1. The van der Waals surface area contributed by atoms with Crippen molar-refractivity contribution in [3.63, 3.8) is 0 Å². The lowest BCUT2D eigenvalue weighted by molar-refractivity contribution is -0.384. The van der Waals surface area contributed by atoms with Crippen LogP contribution >= 0.6 is 0 Å². The second-order valence-corrected chi connectivity index (χ2v) is 4.73. The number of methoxy groups -OCH3 is 1. The summed E-state index contributed by atoms with van der Waals surface area (Å²) < 4.78 is 18.7. The van der Waals surface area contributed by atoms with E-state index in [9.17, 15) is 19.3 Å². The monoisotopic (exact) mass is 286 g/mol. The Morgan fingerprint density at radius 3 is 2.60 bits per heavy atom. The van der Waals surface area contributed by atoms with E-state index in [1.165, 1.54) is 7.11 Å². The Bertz CT molecular complexity index is 545. The Morgan fingerprint density at radius 2 is 2.15 bits per heavy atom. The standard InChI is InChI=1S/C12H15FN2O5/c1-12(2,20-3)6-14-9-5-8(13)7(11(16)17)4-10(9)15(18)19/h4-5,14H,6H2,1-3H3,(H,16,17). The van der Waals surface area contributed by atoms with Crippen molar-refractivity contribution in [2.75, 3.05) is 19.0 Å². The second-order valence-electron chi connectivity index (χ2n) is 4.73. The average molecular weight is 286 g/mol. The van der Waals surface area contributed by atoms with E-state index in [1.807, 2.05) is 0 Å². The Balaban J connectivity index is 3.16. The lowest BCUT2D eigenvalue weighted by Crippen LogP contribution is -2.32. The first-order chi connectivity index (χ1) is 9.18. The number of carboxylic acids is 1. The molecule has 0 amide bonds. The van der Waals surface area contributed by atoms with E-state index in [2.05, 4.69) is 5.32 Å². The van der Waals surface area contributed by atoms with Crippen molar-refractivity contribution in [2.45, 2.75) is 19.4 Å². The predicted octanol–water partition coefficient (Wildman–Crippen LogP) is 2.27. The quantitative estimate of drug-likeness (QED) is 0.614. The first-order valence-electron chi connectivity index (χ1n) is 5.68. The number of nitro groups is 1. The minimum atomic E-state index is -1.56. The molecule has 0 atom stereocenters. The van der Waals surface area contributed by atoms with Crippen molar-refractivity contribution in [2.24, 2.45) is 0 Å². The van der Waals surface area contributed by atoms with Crippen molar-refractivity contribution in [3.8, 4) is 0 Å². The fourth-order valence-corrected chi connectivity index (χ4v) is 1.40. The Hall–Kier alpha value is -2.22. The highest BCUT2D eigenvalue weighted by Crippen LogP contribution is 2.28. The van der Waals surface area contributed by atoms with Crippen LogP contribution in [-0.2, 0) is 4.74 Å². The third kappa shape index (κ3) is 3.64. The normalized spacial score (nSPS) is 11.2. The van der Waals surface area contributed by atoms with E-state index < -0.39 is 33.6 Å². The van der Waals surface area contributed by atoms with Crippen LogP contribution in [-0.4, -0.2) is 35.3 Å². The number of carboxylic acid groups (broad SMARTS) is 1. The third-order valence-corrected chi connectivity index (χ3v) is 2.77. The molecule has 0 saturated heterocycles. The number of anilines is 1. The molecule has 0 aliphatic carbocycles. The number of carbonyl (C=O) groups is 1. The molecule has 0 saturated carbocycles. The smallest absolute Gasteiger partial charge is 0.338 e. The highest BCUT2D eigenvalue weighted by molar-refractivity contribution is 5.90. The molecule has 0 radical (unpaired) electrons. The summed E-state index contributed by atoms with van der Waals surface area (Å²) in [5.74, 6) is -2.60. The zero-order valence-electron chi connectivity index (χ0n) is 11.3. The molecule has 0 unspecified atom stereocenters. The van der Waals surface area contributed by atoms with Gasteiger partial charge in [0.1, 0.15) is 17.1 Å². The lowest BCUT2D eigenvalue weighted by atomic mass is 10.1. The summed E-state index contributed by atoms with van der Waals surface area (Å²) >= 11 is 0. The number of rotatable bonds is 6. The molecule has 0 heterocycles. The highest BCUT2D eigenvalue weighted by Gasteiger charge is 2.24. The van der Waals surface area contributed by atoms with E-state index in [1.54, 1.807) is 13.8 Å². The van der Waals surface area contributed by atoms with Crippen LogP contribution in [0.1, 0.15) is 24.2 Å². The van der Waals surface area contributed by atoms with Gasteiger partial charge in [-0.1, -0.05) is 0 Å². The highest BCUT2D eigenvalue weighted by atomic mass is 19.1. The molecule has 0 bridgehead atoms. The molecule has 110 valence electrons. The van der Waals surface area contributed by atoms with Gasteiger partial charge < -0.3 is 15.2 Å². The Labute approximate surface area is 114 Å². The Morgan fingerprint density at radius 1 is 1.55 bits per heavy atom. The van der Waals surface area contributed by atoms with Gasteiger partial charge in [-0.05, 0) is 13.8 Å². The van der Waals surface area contributed by atoms with Crippen LogP contribution in [0.15, 0.2) is 12.1 Å². The molecule has 1 aromatic rings. The van der Waals surface area contributed by atoms with Crippen LogP contribution in [0.4, 0.5) is 15.8 Å². The molecule has 1 aromatic carbocycles. The van der Waals surface area contributed by atoms with Crippen molar-refractivity contribution < 1.29 is 24.0 Å². The molecule has 0 aliphatic heterocycles. The van der Waals surface area contributed by atoms with Crippen molar-refractivity contribution in [3.05, 3.63) is 33.6 Å². The van der Waals surface area contributed by atoms with Gasteiger partial charge in [0.25, 0.3) is 5.69 Å². The number of nitro benzene ring substituents is 1. The number of benzene rings is 1. The van der Waals surface area contributed by atoms with Crippen molar-refractivity contribution >= 4 is 17.3 Å². The molecule has 8 heteroatoms. The molecule has 0 spiro atoms. The lowest BCUT2D eigenvalue weighted by Gasteiger charge is -2.23. The molecular weight excluding hydrogens is 271 g/mol. The molecule has 0 aliphatic rings. The maximum atomic E-state index is 13.6. The van der Waals surface area contributed by atoms with Crippen LogP contribution < -0.4 is 5.32 Å². The largest absolute Gasteiger partial charge is 0.478 e. The number of nitrogens with one attached hydrogen (secondary N) is 1. The maximum absolute atomic E-state index is 13.6. The molecule has 0 aromatic heterocycles. The molecule has 20 heavy (non-hydrogen) atoms. The summed E-state index contributed by atoms with van der Waals surface area (Å²) in [4.78, 5) is 20.9. The van der Waals surface area contributed by atoms with Crippen LogP contribution in [0.5, 0.6) is 0 Å². The number of hydrogen-bond acceptors (Lipinski definition) is 5. The zero-order valence-corrected chi connectivity index (χ0v) is 11.3. The fourth-order valence-electron chi connectivity index (χ4n) is 1.40. The van der Waals surface area contributed by atoms with Gasteiger partial charge in [0.2, 0.25) is 0 Å². The van der Waals surface area contributed by atoms with Gasteiger partial charge in [-0.3, -0.25) is 10.1 Å². The molecule has 0 fully saturated rings. The fraction of sp³-hybridized carbons (Fsp3) is 0.417. The van der Waals surface area contributed by atoms with Gasteiger partial charge in [0.05, 0.1) is 10.5 Å². The average Bonchev–Trinajstić information content (AvgIpc) is 2.35. The second kappa shape index (κ2) is 5.83. The third-order valence-electron chi connectivity index (χ3n) is 2.77. The first kappa shape index (κ1) is 15.8. The van der Waals surface area contributed by atoms with Crippen LogP contribution in [0.3, 0.4) is 0 Å². The van der Waals surface area contributed by atoms with Crippen molar-refractivity contribution in [1.29, 1.82) is 0 Å². The summed E-state index contributed by atoms with van der Waals surface area (Å²) in [5.41, 5.74) is -1.96. The minimum Gasteiger partial charge on any atom is -0.478 e. The van der Waals surface area contributed by atoms with E-state index in [4.69, 9.17) is 9.84 Å². The van der Waals surface area contributed by atoms with Crippen LogP contribution in [0.2, 0.25) is 0 Å². The summed E-state index contributed by atoms with van der Waals surface area (Å²) in [6.45, 7) is 3.68. The summed E-state index contributed by atoms with van der Waals surface area (Å²) in [7, 11) is 1.48. The Kier molecular flexibility index (Phi) is 4.61. The van der Waals surface area contributed by atoms with Gasteiger partial charge in [0.15, 0.2) is 0 Å². The van der Waals surface area contributed by atoms with Crippen molar-refractivity contribution in [1.82, 2.24) is 0 Å². The summed E-state index contributed by atoms with van der Waals surface area (Å²) in [6, 6.07) is 1.49. The van der Waals surface area contributed by atoms with Gasteiger partial charge in [-0.25, -0.2) is 9.18 Å². The van der Waals surface area contributed by atoms with Crippen LogP contribution in [0, 0.1) is 15.9 Å². The minimum absolute atomic E-state index is 0.0948. The summed E-state index contributed by atoms with van der Waals surface area (Å²) in [5, 5.41) is 22.4.